The van der Waals surface area contributed by atoms with Gasteiger partial charge >= 0.3 is 0 Å². The molecular formula is C12H13IN2O2. The molecule has 1 atom stereocenters. The smallest absolute Gasteiger partial charge is 0.270 e. The topological polar surface area (TPSA) is 55.2 Å². The van der Waals surface area contributed by atoms with Crippen LogP contribution in [0.25, 0.3) is 0 Å². The first kappa shape index (κ1) is 12.3. The molecule has 0 saturated heterocycles. The third-order valence-corrected chi connectivity index (χ3v) is 3.68. The third-order valence-electron chi connectivity index (χ3n) is 2.79. The van der Waals surface area contributed by atoms with E-state index in [4.69, 9.17) is 0 Å². The maximum atomic E-state index is 10.6. The third kappa shape index (κ3) is 3.18. The number of allylic oxidation sites excluding steroid dienone is 1. The average molecular weight is 344 g/mol. The fraction of sp³-hybridized carbons (Fsp3) is 0.333. The van der Waals surface area contributed by atoms with Crippen LogP contribution in [0, 0.1) is 13.7 Å². The van der Waals surface area contributed by atoms with Crippen LogP contribution in [0.5, 0.6) is 0 Å². The molecule has 0 bridgehead atoms. The molecule has 1 aliphatic rings. The SMILES string of the molecule is O=[N+]([O-])c1ccc(NC2CC=CCC2)c(I)c1. The molecule has 0 heterocycles. The molecule has 90 valence electrons. The lowest BCUT2D eigenvalue weighted by Crippen LogP contribution is -2.20. The minimum Gasteiger partial charge on any atom is -0.381 e. The molecule has 4 nitrogen and oxygen atoms in total. The van der Waals surface area contributed by atoms with Crippen LogP contribution >= 0.6 is 22.6 Å². The number of hydrogen-bond donors (Lipinski definition) is 1. The summed E-state index contributed by atoms with van der Waals surface area (Å²) in [6.07, 6.45) is 7.61. The van der Waals surface area contributed by atoms with E-state index in [0.717, 1.165) is 28.5 Å². The molecule has 5 heteroatoms. The minimum atomic E-state index is -0.366. The van der Waals surface area contributed by atoms with Crippen molar-refractivity contribution in [3.63, 3.8) is 0 Å². The van der Waals surface area contributed by atoms with Crippen LogP contribution in [-0.4, -0.2) is 11.0 Å². The van der Waals surface area contributed by atoms with Crippen molar-refractivity contribution in [3.05, 3.63) is 44.0 Å². The van der Waals surface area contributed by atoms with Crippen LogP contribution in [0.4, 0.5) is 11.4 Å². The van der Waals surface area contributed by atoms with E-state index < -0.39 is 0 Å². The monoisotopic (exact) mass is 344 g/mol. The van der Waals surface area contributed by atoms with E-state index in [0.29, 0.717) is 6.04 Å². The van der Waals surface area contributed by atoms with Gasteiger partial charge in [-0.2, -0.15) is 0 Å². The van der Waals surface area contributed by atoms with Crippen LogP contribution in [0.2, 0.25) is 0 Å². The van der Waals surface area contributed by atoms with E-state index in [-0.39, 0.29) is 10.6 Å². The van der Waals surface area contributed by atoms with Crippen molar-refractivity contribution in [1.82, 2.24) is 0 Å². The number of benzene rings is 1. The molecule has 0 spiro atoms. The number of anilines is 1. The van der Waals surface area contributed by atoms with E-state index in [1.165, 1.54) is 0 Å². The molecule has 17 heavy (non-hydrogen) atoms. The van der Waals surface area contributed by atoms with E-state index >= 15 is 0 Å². The summed E-state index contributed by atoms with van der Waals surface area (Å²) in [7, 11) is 0. The zero-order valence-corrected chi connectivity index (χ0v) is 11.4. The number of non-ortho nitro benzene ring substituents is 1. The Morgan fingerprint density at radius 2 is 2.24 bits per heavy atom. The van der Waals surface area contributed by atoms with Crippen molar-refractivity contribution in [2.45, 2.75) is 25.3 Å². The summed E-state index contributed by atoms with van der Waals surface area (Å²) >= 11 is 2.13. The highest BCUT2D eigenvalue weighted by atomic mass is 127. The van der Waals surface area contributed by atoms with Gasteiger partial charge in [0.25, 0.3) is 5.69 Å². The number of halogens is 1. The Morgan fingerprint density at radius 1 is 1.41 bits per heavy atom. The van der Waals surface area contributed by atoms with Gasteiger partial charge in [0.1, 0.15) is 0 Å². The van der Waals surface area contributed by atoms with Crippen molar-refractivity contribution in [3.8, 4) is 0 Å². The Bertz CT molecular complexity index is 460. The molecule has 0 radical (unpaired) electrons. The second kappa shape index (κ2) is 5.48. The number of nitrogens with one attached hydrogen (secondary N) is 1. The highest BCUT2D eigenvalue weighted by Gasteiger charge is 2.13. The molecule has 0 saturated carbocycles. The predicted octanol–water partition coefficient (Wildman–Crippen LogP) is 3.72. The van der Waals surface area contributed by atoms with Gasteiger partial charge in [0, 0.05) is 27.4 Å². The first-order chi connectivity index (χ1) is 8.16. The lowest BCUT2D eigenvalue weighted by atomic mass is 10.0. The fourth-order valence-corrected chi connectivity index (χ4v) is 2.53. The molecule has 0 aromatic heterocycles. The summed E-state index contributed by atoms with van der Waals surface area (Å²) in [5.74, 6) is 0. The van der Waals surface area contributed by atoms with Crippen LogP contribution in [-0.2, 0) is 0 Å². The normalized spacial score (nSPS) is 19.0. The number of nitrogens with zero attached hydrogens (tertiary/aromatic N) is 1. The molecule has 0 aliphatic heterocycles. The number of nitro benzene ring substituents is 1. The van der Waals surface area contributed by atoms with Crippen molar-refractivity contribution >= 4 is 34.0 Å². The number of hydrogen-bond acceptors (Lipinski definition) is 3. The Balaban J connectivity index is 2.11. The van der Waals surface area contributed by atoms with Crippen molar-refractivity contribution < 1.29 is 4.92 Å². The predicted molar refractivity (Wildman–Crippen MR) is 76.2 cm³/mol. The first-order valence-corrected chi connectivity index (χ1v) is 6.60. The highest BCUT2D eigenvalue weighted by molar-refractivity contribution is 14.1. The molecule has 1 aliphatic carbocycles. The standard InChI is InChI=1S/C12H13IN2O2/c13-11-8-10(15(16)17)6-7-12(11)14-9-4-2-1-3-5-9/h1-2,6-9,14H,3-5H2. The van der Waals surface area contributed by atoms with Gasteiger partial charge in [0.15, 0.2) is 0 Å². The molecule has 1 aromatic carbocycles. The Morgan fingerprint density at radius 3 is 2.82 bits per heavy atom. The summed E-state index contributed by atoms with van der Waals surface area (Å²) < 4.78 is 0.895. The quantitative estimate of drug-likeness (QED) is 0.394. The summed E-state index contributed by atoms with van der Waals surface area (Å²) in [6, 6.07) is 5.37. The van der Waals surface area contributed by atoms with Crippen LogP contribution in [0.3, 0.4) is 0 Å². The molecule has 1 unspecified atom stereocenters. The van der Waals surface area contributed by atoms with Crippen LogP contribution < -0.4 is 5.32 Å². The lowest BCUT2D eigenvalue weighted by molar-refractivity contribution is -0.384. The fourth-order valence-electron chi connectivity index (χ4n) is 1.88. The van der Waals surface area contributed by atoms with E-state index in [1.807, 2.05) is 0 Å². The zero-order chi connectivity index (χ0) is 12.3. The first-order valence-electron chi connectivity index (χ1n) is 5.52. The summed E-state index contributed by atoms with van der Waals surface area (Å²) in [4.78, 5) is 10.3. The summed E-state index contributed by atoms with van der Waals surface area (Å²) in [5.41, 5.74) is 1.12. The minimum absolute atomic E-state index is 0.142. The van der Waals surface area contributed by atoms with Gasteiger partial charge in [-0.3, -0.25) is 10.1 Å². The Labute approximate surface area is 113 Å². The molecule has 1 N–H and O–H groups in total. The van der Waals surface area contributed by atoms with Gasteiger partial charge in [-0.25, -0.2) is 0 Å². The Kier molecular flexibility index (Phi) is 3.98. The molecule has 0 fully saturated rings. The maximum Gasteiger partial charge on any atom is 0.270 e. The second-order valence-corrected chi connectivity index (χ2v) is 5.21. The molecule has 0 amide bonds. The highest BCUT2D eigenvalue weighted by Crippen LogP contribution is 2.26. The lowest BCUT2D eigenvalue weighted by Gasteiger charge is -2.21. The van der Waals surface area contributed by atoms with Gasteiger partial charge in [-0.05, 0) is 47.9 Å². The van der Waals surface area contributed by atoms with Gasteiger partial charge in [-0.1, -0.05) is 12.2 Å². The van der Waals surface area contributed by atoms with Crippen molar-refractivity contribution in [1.29, 1.82) is 0 Å². The number of rotatable bonds is 3. The largest absolute Gasteiger partial charge is 0.381 e. The van der Waals surface area contributed by atoms with E-state index in [2.05, 4.69) is 40.1 Å². The van der Waals surface area contributed by atoms with E-state index in [9.17, 15) is 10.1 Å². The maximum absolute atomic E-state index is 10.6. The Hall–Kier alpha value is -1.11. The van der Waals surface area contributed by atoms with Crippen molar-refractivity contribution in [2.75, 3.05) is 5.32 Å². The zero-order valence-electron chi connectivity index (χ0n) is 9.23. The van der Waals surface area contributed by atoms with Gasteiger partial charge in [0.2, 0.25) is 0 Å². The number of nitro groups is 1. The average Bonchev–Trinajstić information content (AvgIpc) is 2.33. The molecule has 2 rings (SSSR count). The summed E-state index contributed by atoms with van der Waals surface area (Å²) in [5, 5.41) is 14.1. The molecular weight excluding hydrogens is 331 g/mol. The molecule has 1 aromatic rings. The van der Waals surface area contributed by atoms with Crippen LogP contribution in [0.15, 0.2) is 30.4 Å². The van der Waals surface area contributed by atoms with Gasteiger partial charge in [-0.15, -0.1) is 0 Å². The summed E-state index contributed by atoms with van der Waals surface area (Å²) in [6.45, 7) is 0. The van der Waals surface area contributed by atoms with Gasteiger partial charge in [0.05, 0.1) is 4.92 Å². The van der Waals surface area contributed by atoms with Crippen molar-refractivity contribution in [2.24, 2.45) is 0 Å². The van der Waals surface area contributed by atoms with E-state index in [1.54, 1.807) is 18.2 Å². The van der Waals surface area contributed by atoms with Gasteiger partial charge < -0.3 is 5.32 Å². The second-order valence-electron chi connectivity index (χ2n) is 4.05. The van der Waals surface area contributed by atoms with Crippen LogP contribution in [0.1, 0.15) is 19.3 Å².